The number of benzene rings is 1. The smallest absolute Gasteiger partial charge is 0.328 e. The summed E-state index contributed by atoms with van der Waals surface area (Å²) in [5, 5.41) is 8.94. The molecule has 2 aliphatic rings. The van der Waals surface area contributed by atoms with Crippen molar-refractivity contribution in [1.29, 1.82) is 0 Å². The van der Waals surface area contributed by atoms with Crippen LogP contribution in [0.5, 0.6) is 0 Å². The van der Waals surface area contributed by atoms with Gasteiger partial charge in [-0.15, -0.1) is 10.2 Å². The lowest BCUT2D eigenvalue weighted by Crippen LogP contribution is -2.56. The van der Waals surface area contributed by atoms with E-state index in [2.05, 4.69) is 15.1 Å². The van der Waals surface area contributed by atoms with E-state index in [0.29, 0.717) is 39.0 Å². The Hall–Kier alpha value is -2.74. The van der Waals surface area contributed by atoms with Gasteiger partial charge in [0.25, 0.3) is 5.91 Å². The number of anilines is 1. The van der Waals surface area contributed by atoms with E-state index in [4.69, 9.17) is 0 Å². The number of nitrogens with zero attached hydrogens (tertiary/aromatic N) is 5. The zero-order valence-corrected chi connectivity index (χ0v) is 17.6. The number of hydrogen-bond acceptors (Lipinski definition) is 6. The van der Waals surface area contributed by atoms with Gasteiger partial charge in [0.05, 0.1) is 0 Å². The van der Waals surface area contributed by atoms with Crippen molar-refractivity contribution >= 4 is 28.4 Å². The lowest BCUT2D eigenvalue weighted by Gasteiger charge is -2.42. The van der Waals surface area contributed by atoms with E-state index in [9.17, 15) is 9.59 Å². The van der Waals surface area contributed by atoms with Gasteiger partial charge in [-0.1, -0.05) is 53.3 Å². The summed E-state index contributed by atoms with van der Waals surface area (Å²) in [6, 6.07) is 9.69. The van der Waals surface area contributed by atoms with Gasteiger partial charge in [0.1, 0.15) is 11.0 Å². The average molecular weight is 412 g/mol. The maximum absolute atomic E-state index is 13.5. The Balaban J connectivity index is 1.62. The quantitative estimate of drug-likeness (QED) is 0.558. The summed E-state index contributed by atoms with van der Waals surface area (Å²) in [6.45, 7) is 6.07. The first kappa shape index (κ1) is 19.6. The molecule has 8 heteroatoms. The van der Waals surface area contributed by atoms with Crippen LogP contribution in [0, 0.1) is 0 Å². The molecule has 0 atom stereocenters. The first-order chi connectivity index (χ1) is 14.0. The molecule has 0 aliphatic carbocycles. The van der Waals surface area contributed by atoms with Crippen LogP contribution in [-0.2, 0) is 11.3 Å². The average Bonchev–Trinajstić information content (AvgIpc) is 3.32. The second kappa shape index (κ2) is 7.94. The Bertz CT molecular complexity index is 900. The number of imide groups is 1. The van der Waals surface area contributed by atoms with E-state index < -0.39 is 5.54 Å². The summed E-state index contributed by atoms with van der Waals surface area (Å²) in [7, 11) is 0. The molecule has 0 unspecified atom stereocenters. The number of piperidine rings is 1. The van der Waals surface area contributed by atoms with Gasteiger partial charge in [-0.05, 0) is 32.3 Å². The topological polar surface area (TPSA) is 69.6 Å². The highest BCUT2D eigenvalue weighted by Gasteiger charge is 2.57. The molecule has 0 bridgehead atoms. The maximum atomic E-state index is 13.5. The molecule has 3 amide bonds. The molecule has 0 radical (unpaired) electrons. The van der Waals surface area contributed by atoms with E-state index in [1.807, 2.05) is 50.3 Å². The highest BCUT2D eigenvalue weighted by molar-refractivity contribution is 7.13. The van der Waals surface area contributed by atoms with Gasteiger partial charge in [0.2, 0.25) is 5.13 Å². The van der Waals surface area contributed by atoms with Crippen molar-refractivity contribution in [3.8, 4) is 0 Å². The van der Waals surface area contributed by atoms with Crippen LogP contribution in [0.15, 0.2) is 47.5 Å². The summed E-state index contributed by atoms with van der Waals surface area (Å²) in [5.41, 5.74) is 3.05. The summed E-state index contributed by atoms with van der Waals surface area (Å²) in [5.74, 6) is -0.0761. The number of amides is 3. The number of aromatic nitrogens is 2. The SMILES string of the molecule is CC(C)=CCN1C(=O)N(Cc2ccccc2)C2(CCN(c3nncs3)CC2)C1=O. The van der Waals surface area contributed by atoms with Crippen LogP contribution in [0.1, 0.15) is 32.3 Å². The van der Waals surface area contributed by atoms with Crippen molar-refractivity contribution in [1.82, 2.24) is 20.0 Å². The summed E-state index contributed by atoms with van der Waals surface area (Å²) < 4.78 is 0. The lowest BCUT2D eigenvalue weighted by molar-refractivity contribution is -0.134. The Kier molecular flexibility index (Phi) is 5.36. The Morgan fingerprint density at radius 2 is 1.90 bits per heavy atom. The fourth-order valence-electron chi connectivity index (χ4n) is 4.06. The highest BCUT2D eigenvalue weighted by atomic mass is 32.1. The molecule has 2 fully saturated rings. The molecule has 4 rings (SSSR count). The lowest BCUT2D eigenvalue weighted by atomic mass is 9.85. The molecule has 2 saturated heterocycles. The van der Waals surface area contributed by atoms with Gasteiger partial charge in [0, 0.05) is 26.2 Å². The molecule has 1 spiro atoms. The van der Waals surface area contributed by atoms with Crippen molar-refractivity contribution in [2.75, 3.05) is 24.5 Å². The minimum atomic E-state index is -0.788. The first-order valence-corrected chi connectivity index (χ1v) is 10.7. The van der Waals surface area contributed by atoms with E-state index in [0.717, 1.165) is 16.3 Å². The third-order valence-corrected chi connectivity index (χ3v) is 6.45. The van der Waals surface area contributed by atoms with Crippen molar-refractivity contribution in [2.45, 2.75) is 38.8 Å². The summed E-state index contributed by atoms with van der Waals surface area (Å²) >= 11 is 1.50. The molecule has 1 aromatic carbocycles. The maximum Gasteiger partial charge on any atom is 0.328 e. The van der Waals surface area contributed by atoms with Crippen LogP contribution < -0.4 is 4.90 Å². The molecule has 0 N–H and O–H groups in total. The highest BCUT2D eigenvalue weighted by Crippen LogP contribution is 2.39. The molecule has 7 nitrogen and oxygen atoms in total. The normalized spacial score (nSPS) is 18.6. The summed E-state index contributed by atoms with van der Waals surface area (Å²) in [6.07, 6.45) is 3.12. The van der Waals surface area contributed by atoms with Gasteiger partial charge in [-0.2, -0.15) is 0 Å². The predicted molar refractivity (Wildman–Crippen MR) is 113 cm³/mol. The standard InChI is InChI=1S/C21H25N5O2S/c1-16(2)8-11-25-18(27)21(9-12-24(13-10-21)19-23-22-15-29-19)26(20(25)28)14-17-6-4-3-5-7-17/h3-8,15H,9-14H2,1-2H3. The zero-order valence-electron chi connectivity index (χ0n) is 16.7. The van der Waals surface area contributed by atoms with E-state index in [1.54, 1.807) is 10.4 Å². The number of allylic oxidation sites excluding steroid dienone is 1. The Labute approximate surface area is 174 Å². The number of rotatable bonds is 5. The van der Waals surface area contributed by atoms with Crippen molar-refractivity contribution < 1.29 is 9.59 Å². The minimum Gasteiger partial charge on any atom is -0.346 e. The number of hydrogen-bond donors (Lipinski definition) is 0. The Morgan fingerprint density at radius 3 is 2.52 bits per heavy atom. The van der Waals surface area contributed by atoms with Gasteiger partial charge < -0.3 is 9.80 Å². The van der Waals surface area contributed by atoms with Crippen molar-refractivity contribution in [2.24, 2.45) is 0 Å². The van der Waals surface area contributed by atoms with E-state index >= 15 is 0 Å². The molecule has 152 valence electrons. The fraction of sp³-hybridized carbons (Fsp3) is 0.429. The van der Waals surface area contributed by atoms with Crippen LogP contribution >= 0.6 is 11.3 Å². The van der Waals surface area contributed by atoms with Crippen LogP contribution in [0.2, 0.25) is 0 Å². The van der Waals surface area contributed by atoms with Gasteiger partial charge >= 0.3 is 6.03 Å². The van der Waals surface area contributed by atoms with Crippen molar-refractivity contribution in [3.63, 3.8) is 0 Å². The van der Waals surface area contributed by atoms with E-state index in [-0.39, 0.29) is 11.9 Å². The second-order valence-corrected chi connectivity index (χ2v) is 8.60. The molecule has 3 heterocycles. The van der Waals surface area contributed by atoms with Crippen LogP contribution in [-0.4, -0.2) is 57.1 Å². The number of carbonyl (C=O) groups is 2. The van der Waals surface area contributed by atoms with Crippen LogP contribution in [0.4, 0.5) is 9.93 Å². The van der Waals surface area contributed by atoms with Crippen LogP contribution in [0.25, 0.3) is 0 Å². The Morgan fingerprint density at radius 1 is 1.17 bits per heavy atom. The second-order valence-electron chi connectivity index (χ2n) is 7.79. The van der Waals surface area contributed by atoms with Crippen LogP contribution in [0.3, 0.4) is 0 Å². The predicted octanol–water partition coefficient (Wildman–Crippen LogP) is 3.31. The molecule has 2 aromatic rings. The zero-order chi connectivity index (χ0) is 20.4. The monoisotopic (exact) mass is 411 g/mol. The largest absolute Gasteiger partial charge is 0.346 e. The molecule has 0 saturated carbocycles. The minimum absolute atomic E-state index is 0.0761. The molecular weight excluding hydrogens is 386 g/mol. The van der Waals surface area contributed by atoms with Gasteiger partial charge in [-0.25, -0.2) is 4.79 Å². The third-order valence-electron chi connectivity index (χ3n) is 5.70. The molecule has 2 aliphatic heterocycles. The molecule has 1 aromatic heterocycles. The number of urea groups is 1. The first-order valence-electron chi connectivity index (χ1n) is 9.83. The number of carbonyl (C=O) groups excluding carboxylic acids is 2. The fourth-order valence-corrected chi connectivity index (χ4v) is 4.67. The third kappa shape index (κ3) is 3.64. The molecule has 29 heavy (non-hydrogen) atoms. The molecular formula is C21H25N5O2S. The van der Waals surface area contributed by atoms with Gasteiger partial charge in [0.15, 0.2) is 0 Å². The summed E-state index contributed by atoms with van der Waals surface area (Å²) in [4.78, 5) is 32.1. The van der Waals surface area contributed by atoms with E-state index in [1.165, 1.54) is 16.2 Å². The van der Waals surface area contributed by atoms with Gasteiger partial charge in [-0.3, -0.25) is 9.69 Å². The van der Waals surface area contributed by atoms with Crippen molar-refractivity contribution in [3.05, 3.63) is 53.1 Å².